The van der Waals surface area contributed by atoms with E-state index in [4.69, 9.17) is 4.74 Å². The highest BCUT2D eigenvalue weighted by atomic mass is 16.6. The van der Waals surface area contributed by atoms with Gasteiger partial charge in [0.15, 0.2) is 0 Å². The lowest BCUT2D eigenvalue weighted by Crippen LogP contribution is -2.24. The highest BCUT2D eigenvalue weighted by molar-refractivity contribution is 6.30. The van der Waals surface area contributed by atoms with E-state index in [-0.39, 0.29) is 17.0 Å². The number of nitro groups is 1. The Morgan fingerprint density at radius 3 is 2.59 bits per heavy atom. The van der Waals surface area contributed by atoms with Crippen molar-refractivity contribution in [3.63, 3.8) is 0 Å². The van der Waals surface area contributed by atoms with Crippen LogP contribution in [0.3, 0.4) is 0 Å². The summed E-state index contributed by atoms with van der Waals surface area (Å²) in [7, 11) is 0. The molecule has 0 aromatic heterocycles. The SMILES string of the molecule is O=C1Oc2ccccc2C(=O)/C1=C/c1cccc([N+](=O)[O-])c1. The van der Waals surface area contributed by atoms with Gasteiger partial charge in [-0.25, -0.2) is 4.79 Å². The van der Waals surface area contributed by atoms with E-state index in [0.717, 1.165) is 0 Å². The average Bonchev–Trinajstić information content (AvgIpc) is 2.52. The molecule has 2 aromatic carbocycles. The monoisotopic (exact) mass is 295 g/mol. The third-order valence-corrected chi connectivity index (χ3v) is 3.19. The van der Waals surface area contributed by atoms with Gasteiger partial charge >= 0.3 is 5.97 Å². The maximum atomic E-state index is 12.3. The molecular weight excluding hydrogens is 286 g/mol. The Morgan fingerprint density at radius 2 is 1.82 bits per heavy atom. The Kier molecular flexibility index (Phi) is 3.27. The van der Waals surface area contributed by atoms with Crippen molar-refractivity contribution in [2.45, 2.75) is 0 Å². The molecule has 0 bridgehead atoms. The molecule has 1 aliphatic heterocycles. The van der Waals surface area contributed by atoms with Crippen molar-refractivity contribution in [2.75, 3.05) is 0 Å². The van der Waals surface area contributed by atoms with Crippen LogP contribution in [0, 0.1) is 10.1 Å². The number of carbonyl (C=O) groups is 2. The fourth-order valence-electron chi connectivity index (χ4n) is 2.16. The number of esters is 1. The zero-order valence-corrected chi connectivity index (χ0v) is 11.2. The van der Waals surface area contributed by atoms with Crippen molar-refractivity contribution < 1.29 is 19.2 Å². The maximum Gasteiger partial charge on any atom is 0.347 e. The number of Topliss-reactive ketones (excluding diaryl/α,β-unsaturated/α-hetero) is 1. The van der Waals surface area contributed by atoms with Crippen LogP contribution in [0.25, 0.3) is 6.08 Å². The van der Waals surface area contributed by atoms with Gasteiger partial charge < -0.3 is 4.74 Å². The topological polar surface area (TPSA) is 86.5 Å². The zero-order valence-electron chi connectivity index (χ0n) is 11.2. The van der Waals surface area contributed by atoms with Crippen LogP contribution >= 0.6 is 0 Å². The van der Waals surface area contributed by atoms with Crippen molar-refractivity contribution in [2.24, 2.45) is 0 Å². The van der Waals surface area contributed by atoms with Crippen LogP contribution in [0.4, 0.5) is 5.69 Å². The molecule has 6 nitrogen and oxygen atoms in total. The van der Waals surface area contributed by atoms with Gasteiger partial charge in [0.2, 0.25) is 5.78 Å². The third-order valence-electron chi connectivity index (χ3n) is 3.19. The summed E-state index contributed by atoms with van der Waals surface area (Å²) in [5.41, 5.74) is 0.401. The standard InChI is InChI=1S/C16H9NO5/c18-15-12-6-1-2-7-14(12)22-16(19)13(15)9-10-4-3-5-11(8-10)17(20)21/h1-9H/b13-9-. The number of fused-ring (bicyclic) bond motifs is 1. The summed E-state index contributed by atoms with van der Waals surface area (Å²) >= 11 is 0. The molecule has 0 atom stereocenters. The molecule has 0 radical (unpaired) electrons. The number of rotatable bonds is 2. The molecular formula is C16H9NO5. The molecule has 1 aliphatic rings. The van der Waals surface area contributed by atoms with Crippen LogP contribution in [0.2, 0.25) is 0 Å². The first kappa shape index (κ1) is 13.7. The summed E-state index contributed by atoms with van der Waals surface area (Å²) in [5.74, 6) is -1.01. The van der Waals surface area contributed by atoms with Crippen LogP contribution in [0.5, 0.6) is 5.75 Å². The molecule has 0 unspecified atom stereocenters. The van der Waals surface area contributed by atoms with Gasteiger partial charge in [-0.3, -0.25) is 14.9 Å². The molecule has 22 heavy (non-hydrogen) atoms. The number of hydrogen-bond donors (Lipinski definition) is 0. The smallest absolute Gasteiger partial charge is 0.347 e. The molecule has 0 saturated carbocycles. The number of nitrogens with zero attached hydrogens (tertiary/aromatic N) is 1. The minimum atomic E-state index is -0.768. The lowest BCUT2D eigenvalue weighted by Gasteiger charge is -2.16. The summed E-state index contributed by atoms with van der Waals surface area (Å²) in [5, 5.41) is 10.8. The van der Waals surface area contributed by atoms with Crippen LogP contribution in [-0.4, -0.2) is 16.7 Å². The van der Waals surface area contributed by atoms with E-state index in [1.807, 2.05) is 0 Å². The fourth-order valence-corrected chi connectivity index (χ4v) is 2.16. The first-order valence-electron chi connectivity index (χ1n) is 6.38. The van der Waals surface area contributed by atoms with Crippen molar-refractivity contribution in [1.82, 2.24) is 0 Å². The highest BCUT2D eigenvalue weighted by Gasteiger charge is 2.30. The normalized spacial score (nSPS) is 15.4. The Morgan fingerprint density at radius 1 is 1.05 bits per heavy atom. The van der Waals surface area contributed by atoms with E-state index < -0.39 is 16.7 Å². The molecule has 108 valence electrons. The molecule has 6 heteroatoms. The second-order valence-electron chi connectivity index (χ2n) is 4.62. The summed E-state index contributed by atoms with van der Waals surface area (Å²) in [4.78, 5) is 34.5. The van der Waals surface area contributed by atoms with Crippen molar-refractivity contribution >= 4 is 23.5 Å². The zero-order chi connectivity index (χ0) is 15.7. The Labute approximate surface area is 124 Å². The second kappa shape index (κ2) is 5.25. The molecule has 0 N–H and O–H groups in total. The largest absolute Gasteiger partial charge is 0.422 e. The van der Waals surface area contributed by atoms with Gasteiger partial charge in [0.25, 0.3) is 5.69 Å². The van der Waals surface area contributed by atoms with E-state index in [9.17, 15) is 19.7 Å². The van der Waals surface area contributed by atoms with Gasteiger partial charge in [-0.1, -0.05) is 24.3 Å². The molecule has 0 aliphatic carbocycles. The lowest BCUT2D eigenvalue weighted by atomic mass is 9.98. The van der Waals surface area contributed by atoms with E-state index in [0.29, 0.717) is 11.1 Å². The van der Waals surface area contributed by atoms with Gasteiger partial charge in [-0.2, -0.15) is 0 Å². The Bertz CT molecular complexity index is 838. The quantitative estimate of drug-likeness (QED) is 0.212. The predicted octanol–water partition coefficient (Wildman–Crippen LogP) is 2.78. The number of benzene rings is 2. The predicted molar refractivity (Wildman–Crippen MR) is 77.5 cm³/mol. The van der Waals surface area contributed by atoms with Crippen molar-refractivity contribution in [3.05, 3.63) is 75.3 Å². The number of nitro benzene ring substituents is 1. The third kappa shape index (κ3) is 2.37. The minimum Gasteiger partial charge on any atom is -0.422 e. The van der Waals surface area contributed by atoms with Gasteiger partial charge in [-0.05, 0) is 23.8 Å². The highest BCUT2D eigenvalue weighted by Crippen LogP contribution is 2.28. The van der Waals surface area contributed by atoms with Crippen LogP contribution in [0.15, 0.2) is 54.1 Å². The van der Waals surface area contributed by atoms with Crippen molar-refractivity contribution in [3.8, 4) is 5.75 Å². The summed E-state index contributed by atoms with van der Waals surface area (Å²) in [6.07, 6.45) is 1.30. The van der Waals surface area contributed by atoms with Gasteiger partial charge in [-0.15, -0.1) is 0 Å². The summed E-state index contributed by atoms with van der Waals surface area (Å²) in [6.45, 7) is 0. The lowest BCUT2D eigenvalue weighted by molar-refractivity contribution is -0.384. The number of ether oxygens (including phenoxy) is 1. The first-order valence-corrected chi connectivity index (χ1v) is 6.38. The summed E-state index contributed by atoms with van der Waals surface area (Å²) in [6, 6.07) is 12.1. The number of non-ortho nitro benzene ring substituents is 1. The van der Waals surface area contributed by atoms with Crippen LogP contribution in [0.1, 0.15) is 15.9 Å². The average molecular weight is 295 g/mol. The number of ketones is 1. The van der Waals surface area contributed by atoms with Crippen molar-refractivity contribution in [1.29, 1.82) is 0 Å². The van der Waals surface area contributed by atoms with E-state index in [1.54, 1.807) is 24.3 Å². The molecule has 0 saturated heterocycles. The van der Waals surface area contributed by atoms with E-state index >= 15 is 0 Å². The second-order valence-corrected chi connectivity index (χ2v) is 4.62. The Balaban J connectivity index is 2.05. The van der Waals surface area contributed by atoms with Gasteiger partial charge in [0.05, 0.1) is 10.5 Å². The van der Waals surface area contributed by atoms with E-state index in [1.165, 1.54) is 30.3 Å². The van der Waals surface area contributed by atoms with Crippen LogP contribution < -0.4 is 4.74 Å². The van der Waals surface area contributed by atoms with Gasteiger partial charge in [0.1, 0.15) is 11.3 Å². The van der Waals surface area contributed by atoms with Gasteiger partial charge in [0, 0.05) is 12.1 Å². The molecule has 0 amide bonds. The minimum absolute atomic E-state index is 0.119. The molecule has 3 rings (SSSR count). The van der Waals surface area contributed by atoms with E-state index in [2.05, 4.69) is 0 Å². The summed E-state index contributed by atoms with van der Waals surface area (Å²) < 4.78 is 5.10. The maximum absolute atomic E-state index is 12.3. The number of carbonyl (C=O) groups excluding carboxylic acids is 2. The van der Waals surface area contributed by atoms with Crippen LogP contribution in [-0.2, 0) is 4.79 Å². The number of hydrogen-bond acceptors (Lipinski definition) is 5. The fraction of sp³-hybridized carbons (Fsp3) is 0. The number of para-hydroxylation sites is 1. The molecule has 0 fully saturated rings. The first-order chi connectivity index (χ1) is 10.6. The molecule has 0 spiro atoms. The Hall–Kier alpha value is -3.28. The molecule has 1 heterocycles. The molecule has 2 aromatic rings.